The Kier molecular flexibility index (Phi) is 5.16. The van der Waals surface area contributed by atoms with Crippen molar-refractivity contribution in [2.45, 2.75) is 19.8 Å². The van der Waals surface area contributed by atoms with Crippen molar-refractivity contribution < 1.29 is 8.42 Å². The first-order valence-electron chi connectivity index (χ1n) is 6.88. The van der Waals surface area contributed by atoms with Crippen LogP contribution in [-0.2, 0) is 10.0 Å². The number of para-hydroxylation sites is 1. The van der Waals surface area contributed by atoms with Crippen LogP contribution in [0.25, 0.3) is 0 Å². The molecule has 112 valence electrons. The number of rotatable bonds is 7. The Bertz CT molecular complexity index is 655. The molecule has 0 unspecified atom stereocenters. The molecule has 1 aromatic carbocycles. The fourth-order valence-corrected chi connectivity index (χ4v) is 3.01. The quantitative estimate of drug-likeness (QED) is 0.822. The van der Waals surface area contributed by atoms with Crippen LogP contribution in [0.1, 0.15) is 19.8 Å². The number of hydrogen-bond donors (Lipinski definition) is 2. The highest BCUT2D eigenvalue weighted by Crippen LogP contribution is 2.16. The lowest BCUT2D eigenvalue weighted by molar-refractivity contribution is 0.598. The van der Waals surface area contributed by atoms with Gasteiger partial charge in [-0.2, -0.15) is 0 Å². The molecule has 1 heterocycles. The second kappa shape index (κ2) is 7.08. The Hall–Kier alpha value is -2.08. The molecule has 0 radical (unpaired) electrons. The molecule has 2 rings (SSSR count). The van der Waals surface area contributed by atoms with Crippen molar-refractivity contribution in [1.29, 1.82) is 0 Å². The number of sulfonamides is 1. The van der Waals surface area contributed by atoms with Gasteiger partial charge in [0.25, 0.3) is 0 Å². The van der Waals surface area contributed by atoms with Crippen molar-refractivity contribution in [3.05, 3.63) is 48.7 Å². The van der Waals surface area contributed by atoms with Crippen LogP contribution in [0.3, 0.4) is 0 Å². The summed E-state index contributed by atoms with van der Waals surface area (Å²) in [6.45, 7) is 1.96. The zero-order valence-corrected chi connectivity index (χ0v) is 12.7. The van der Waals surface area contributed by atoms with Gasteiger partial charge in [-0.05, 0) is 30.7 Å². The third-order valence-corrected chi connectivity index (χ3v) is 4.22. The minimum atomic E-state index is -3.28. The van der Waals surface area contributed by atoms with Gasteiger partial charge in [0.2, 0.25) is 10.0 Å². The van der Waals surface area contributed by atoms with E-state index in [1.165, 1.54) is 6.20 Å². The van der Waals surface area contributed by atoms with E-state index in [-0.39, 0.29) is 5.75 Å². The molecule has 1 aromatic heterocycles. The molecule has 6 heteroatoms. The zero-order valence-electron chi connectivity index (χ0n) is 11.9. The third kappa shape index (κ3) is 5.07. The number of anilines is 3. The van der Waals surface area contributed by atoms with Gasteiger partial charge >= 0.3 is 0 Å². The molecule has 0 spiro atoms. The van der Waals surface area contributed by atoms with Crippen LogP contribution in [0, 0.1) is 0 Å². The maximum absolute atomic E-state index is 11.8. The van der Waals surface area contributed by atoms with Gasteiger partial charge in [-0.3, -0.25) is 4.72 Å². The molecule has 0 atom stereocenters. The van der Waals surface area contributed by atoms with Crippen molar-refractivity contribution in [2.75, 3.05) is 15.8 Å². The summed E-state index contributed by atoms with van der Waals surface area (Å²) in [4.78, 5) is 4.20. The highest BCUT2D eigenvalue weighted by molar-refractivity contribution is 7.92. The summed E-state index contributed by atoms with van der Waals surface area (Å²) < 4.78 is 26.1. The summed E-state index contributed by atoms with van der Waals surface area (Å²) >= 11 is 0. The van der Waals surface area contributed by atoms with Gasteiger partial charge in [-0.25, -0.2) is 13.4 Å². The van der Waals surface area contributed by atoms with Crippen LogP contribution < -0.4 is 10.0 Å². The molecule has 21 heavy (non-hydrogen) atoms. The molecule has 2 aromatic rings. The van der Waals surface area contributed by atoms with Gasteiger partial charge in [0.05, 0.1) is 17.6 Å². The van der Waals surface area contributed by atoms with E-state index in [9.17, 15) is 8.42 Å². The minimum absolute atomic E-state index is 0.132. The number of aromatic nitrogens is 1. The summed E-state index contributed by atoms with van der Waals surface area (Å²) in [6, 6.07) is 13.1. The van der Waals surface area contributed by atoms with Crippen LogP contribution >= 0.6 is 0 Å². The second-order valence-corrected chi connectivity index (χ2v) is 6.54. The molecule has 2 N–H and O–H groups in total. The first-order valence-corrected chi connectivity index (χ1v) is 8.53. The Morgan fingerprint density at radius 1 is 1.05 bits per heavy atom. The largest absolute Gasteiger partial charge is 0.340 e. The molecule has 0 bridgehead atoms. The highest BCUT2D eigenvalue weighted by Gasteiger charge is 2.09. The molecule has 5 nitrogen and oxygen atoms in total. The molecule has 0 aliphatic carbocycles. The fraction of sp³-hybridized carbons (Fsp3) is 0.267. The lowest BCUT2D eigenvalue weighted by Crippen LogP contribution is -2.16. The average molecular weight is 305 g/mol. The Balaban J connectivity index is 1.99. The lowest BCUT2D eigenvalue weighted by atomic mass is 10.3. The summed E-state index contributed by atoms with van der Waals surface area (Å²) in [5.41, 5.74) is 1.41. The normalized spacial score (nSPS) is 11.1. The molecule has 0 aliphatic heterocycles. The van der Waals surface area contributed by atoms with E-state index in [0.717, 1.165) is 12.1 Å². The van der Waals surface area contributed by atoms with E-state index < -0.39 is 10.0 Å². The second-order valence-electron chi connectivity index (χ2n) is 4.70. The van der Waals surface area contributed by atoms with Gasteiger partial charge in [-0.1, -0.05) is 31.5 Å². The average Bonchev–Trinajstić information content (AvgIpc) is 2.48. The number of hydrogen-bond acceptors (Lipinski definition) is 4. The summed E-state index contributed by atoms with van der Waals surface area (Å²) in [5.74, 6) is 0.797. The van der Waals surface area contributed by atoms with E-state index in [4.69, 9.17) is 0 Å². The zero-order chi connectivity index (χ0) is 15.1. The SMILES string of the molecule is CCCCS(=O)(=O)Nc1ccc(Nc2ccccc2)nc1. The van der Waals surface area contributed by atoms with Gasteiger partial charge in [0, 0.05) is 5.69 Å². The van der Waals surface area contributed by atoms with Crippen molar-refractivity contribution >= 4 is 27.2 Å². The van der Waals surface area contributed by atoms with E-state index in [1.807, 2.05) is 37.3 Å². The third-order valence-electron chi connectivity index (χ3n) is 2.85. The number of pyridine rings is 1. The number of unbranched alkanes of at least 4 members (excludes halogenated alkanes) is 1. The van der Waals surface area contributed by atoms with Gasteiger partial charge in [0.1, 0.15) is 5.82 Å². The maximum atomic E-state index is 11.8. The molecule has 0 saturated heterocycles. The highest BCUT2D eigenvalue weighted by atomic mass is 32.2. The Morgan fingerprint density at radius 2 is 1.81 bits per heavy atom. The van der Waals surface area contributed by atoms with Crippen LogP contribution in [0.4, 0.5) is 17.2 Å². The van der Waals surface area contributed by atoms with Crippen molar-refractivity contribution in [3.8, 4) is 0 Å². The number of nitrogens with zero attached hydrogens (tertiary/aromatic N) is 1. The van der Waals surface area contributed by atoms with Crippen LogP contribution in [0.5, 0.6) is 0 Å². The molecular weight excluding hydrogens is 286 g/mol. The van der Waals surface area contributed by atoms with Gasteiger partial charge in [0.15, 0.2) is 0 Å². The molecule has 0 aliphatic rings. The van der Waals surface area contributed by atoms with Crippen molar-refractivity contribution in [2.24, 2.45) is 0 Å². The molecule has 0 amide bonds. The molecule has 0 fully saturated rings. The molecule has 0 saturated carbocycles. The predicted molar refractivity (Wildman–Crippen MR) is 86.3 cm³/mol. The van der Waals surface area contributed by atoms with Gasteiger partial charge < -0.3 is 5.32 Å². The van der Waals surface area contributed by atoms with Crippen molar-refractivity contribution in [1.82, 2.24) is 4.98 Å². The lowest BCUT2D eigenvalue weighted by Gasteiger charge is -2.09. The summed E-state index contributed by atoms with van der Waals surface area (Å²) in [5, 5.41) is 3.14. The van der Waals surface area contributed by atoms with E-state index in [1.54, 1.807) is 12.1 Å². The number of nitrogens with one attached hydrogen (secondary N) is 2. The molecular formula is C15H19N3O2S. The number of benzene rings is 1. The monoisotopic (exact) mass is 305 g/mol. The van der Waals surface area contributed by atoms with Crippen molar-refractivity contribution in [3.63, 3.8) is 0 Å². The minimum Gasteiger partial charge on any atom is -0.340 e. The van der Waals surface area contributed by atoms with E-state index in [2.05, 4.69) is 15.0 Å². The van der Waals surface area contributed by atoms with Crippen LogP contribution in [0.15, 0.2) is 48.7 Å². The van der Waals surface area contributed by atoms with Gasteiger partial charge in [-0.15, -0.1) is 0 Å². The topological polar surface area (TPSA) is 71.1 Å². The van der Waals surface area contributed by atoms with Crippen LogP contribution in [-0.4, -0.2) is 19.2 Å². The Labute approximate surface area is 125 Å². The standard InChI is InChI=1S/C15H19N3O2S/c1-2-3-11-21(19,20)18-14-9-10-15(16-12-14)17-13-7-5-4-6-8-13/h4-10,12,18H,2-3,11H2,1H3,(H,16,17). The van der Waals surface area contributed by atoms with E-state index >= 15 is 0 Å². The summed E-state index contributed by atoms with van der Waals surface area (Å²) in [6.07, 6.45) is 3.00. The summed E-state index contributed by atoms with van der Waals surface area (Å²) in [7, 11) is -3.28. The Morgan fingerprint density at radius 3 is 2.43 bits per heavy atom. The smallest absolute Gasteiger partial charge is 0.232 e. The fourth-order valence-electron chi connectivity index (χ4n) is 1.76. The maximum Gasteiger partial charge on any atom is 0.232 e. The first kappa shape index (κ1) is 15.3. The van der Waals surface area contributed by atoms with Crippen LogP contribution in [0.2, 0.25) is 0 Å². The first-order chi connectivity index (χ1) is 10.1. The van der Waals surface area contributed by atoms with E-state index in [0.29, 0.717) is 17.9 Å². The predicted octanol–water partition coefficient (Wildman–Crippen LogP) is 3.37.